The first-order chi connectivity index (χ1) is 8.08. The molecule has 0 saturated carbocycles. The molecule has 0 heterocycles. The number of benzene rings is 2. The van der Waals surface area contributed by atoms with E-state index in [-0.39, 0.29) is 5.82 Å². The summed E-state index contributed by atoms with van der Waals surface area (Å²) < 4.78 is 13.1. The van der Waals surface area contributed by atoms with Crippen LogP contribution in [0.2, 0.25) is 10.0 Å². The van der Waals surface area contributed by atoms with Crippen LogP contribution in [-0.2, 0) is 0 Å². The molecule has 1 unspecified atom stereocenters. The Hall–Kier alpha value is -0.760. The summed E-state index contributed by atoms with van der Waals surface area (Å²) in [6, 6.07) is 11.3. The van der Waals surface area contributed by atoms with Crippen LogP contribution in [-0.4, -0.2) is 0 Å². The molecule has 4 heteroatoms. The van der Waals surface area contributed by atoms with Gasteiger partial charge in [-0.1, -0.05) is 41.4 Å². The SMILES string of the molecule is Fc1cccc(C(Cl)c2ccc(Cl)c(Cl)c2)c1. The van der Waals surface area contributed by atoms with Gasteiger partial charge in [-0.25, -0.2) is 4.39 Å². The lowest BCUT2D eigenvalue weighted by Gasteiger charge is -2.11. The third-order valence-electron chi connectivity index (χ3n) is 2.38. The Morgan fingerprint density at radius 2 is 1.59 bits per heavy atom. The van der Waals surface area contributed by atoms with Crippen molar-refractivity contribution in [1.29, 1.82) is 0 Å². The fraction of sp³-hybridized carbons (Fsp3) is 0.0769. The summed E-state index contributed by atoms with van der Waals surface area (Å²) in [6.45, 7) is 0. The zero-order chi connectivity index (χ0) is 12.4. The lowest BCUT2D eigenvalue weighted by molar-refractivity contribution is 0.626. The van der Waals surface area contributed by atoms with Crippen molar-refractivity contribution in [3.8, 4) is 0 Å². The Morgan fingerprint density at radius 3 is 2.24 bits per heavy atom. The van der Waals surface area contributed by atoms with Gasteiger partial charge in [0, 0.05) is 0 Å². The van der Waals surface area contributed by atoms with Crippen LogP contribution in [0.4, 0.5) is 4.39 Å². The van der Waals surface area contributed by atoms with Crippen molar-refractivity contribution < 1.29 is 4.39 Å². The molecule has 2 aromatic carbocycles. The monoisotopic (exact) mass is 288 g/mol. The Bertz CT molecular complexity index is 540. The van der Waals surface area contributed by atoms with E-state index >= 15 is 0 Å². The first-order valence-electron chi connectivity index (χ1n) is 4.92. The third-order valence-corrected chi connectivity index (χ3v) is 3.62. The van der Waals surface area contributed by atoms with Crippen molar-refractivity contribution in [2.24, 2.45) is 0 Å². The van der Waals surface area contributed by atoms with Crippen LogP contribution in [0, 0.1) is 5.82 Å². The maximum atomic E-state index is 13.1. The van der Waals surface area contributed by atoms with Crippen LogP contribution in [0.15, 0.2) is 42.5 Å². The van der Waals surface area contributed by atoms with Gasteiger partial charge in [0.25, 0.3) is 0 Å². The van der Waals surface area contributed by atoms with Gasteiger partial charge in [-0.05, 0) is 35.4 Å². The van der Waals surface area contributed by atoms with Crippen molar-refractivity contribution in [1.82, 2.24) is 0 Å². The summed E-state index contributed by atoms with van der Waals surface area (Å²) in [5, 5.41) is 0.463. The van der Waals surface area contributed by atoms with E-state index in [1.54, 1.807) is 30.3 Å². The molecule has 0 nitrogen and oxygen atoms in total. The highest BCUT2D eigenvalue weighted by Gasteiger charge is 2.12. The molecule has 0 aliphatic heterocycles. The molecule has 0 spiro atoms. The molecule has 0 aliphatic carbocycles. The van der Waals surface area contributed by atoms with Crippen LogP contribution < -0.4 is 0 Å². The van der Waals surface area contributed by atoms with Gasteiger partial charge in [0.2, 0.25) is 0 Å². The topological polar surface area (TPSA) is 0 Å². The summed E-state index contributed by atoms with van der Waals surface area (Å²) in [5.41, 5.74) is 1.47. The molecular weight excluding hydrogens is 282 g/mol. The maximum absolute atomic E-state index is 13.1. The average molecular weight is 290 g/mol. The van der Waals surface area contributed by atoms with Crippen LogP contribution in [0.25, 0.3) is 0 Å². The minimum Gasteiger partial charge on any atom is -0.207 e. The van der Waals surface area contributed by atoms with Crippen LogP contribution in [0.1, 0.15) is 16.5 Å². The van der Waals surface area contributed by atoms with Crippen LogP contribution in [0.3, 0.4) is 0 Å². The standard InChI is InChI=1S/C13H8Cl3F/c14-11-5-4-9(7-12(11)15)13(16)8-2-1-3-10(17)6-8/h1-7,13H. The minimum atomic E-state index is -0.444. The highest BCUT2D eigenvalue weighted by atomic mass is 35.5. The molecule has 0 radical (unpaired) electrons. The molecule has 0 N–H and O–H groups in total. The molecule has 17 heavy (non-hydrogen) atoms. The molecule has 2 aromatic rings. The molecule has 0 fully saturated rings. The van der Waals surface area contributed by atoms with E-state index < -0.39 is 5.38 Å². The summed E-state index contributed by atoms with van der Waals surface area (Å²) >= 11 is 18.0. The van der Waals surface area contributed by atoms with Crippen molar-refractivity contribution >= 4 is 34.8 Å². The van der Waals surface area contributed by atoms with E-state index in [9.17, 15) is 4.39 Å². The molecule has 0 aliphatic rings. The van der Waals surface area contributed by atoms with Crippen LogP contribution in [0.5, 0.6) is 0 Å². The molecule has 0 amide bonds. The molecule has 1 atom stereocenters. The van der Waals surface area contributed by atoms with Gasteiger partial charge < -0.3 is 0 Å². The van der Waals surface area contributed by atoms with E-state index in [4.69, 9.17) is 34.8 Å². The van der Waals surface area contributed by atoms with E-state index in [0.29, 0.717) is 15.6 Å². The third kappa shape index (κ3) is 2.92. The number of hydrogen-bond acceptors (Lipinski definition) is 0. The summed E-state index contributed by atoms with van der Waals surface area (Å²) in [7, 11) is 0. The molecule has 0 saturated heterocycles. The van der Waals surface area contributed by atoms with Crippen molar-refractivity contribution in [2.45, 2.75) is 5.38 Å². The first kappa shape index (κ1) is 12.7. The Kier molecular flexibility index (Phi) is 3.93. The number of rotatable bonds is 2. The first-order valence-corrected chi connectivity index (χ1v) is 6.11. The Morgan fingerprint density at radius 1 is 0.882 bits per heavy atom. The smallest absolute Gasteiger partial charge is 0.123 e. The Labute approximate surface area is 114 Å². The minimum absolute atomic E-state index is 0.312. The van der Waals surface area contributed by atoms with Crippen molar-refractivity contribution in [3.63, 3.8) is 0 Å². The van der Waals surface area contributed by atoms with E-state index in [1.807, 2.05) is 0 Å². The second kappa shape index (κ2) is 5.26. The largest absolute Gasteiger partial charge is 0.207 e. The highest BCUT2D eigenvalue weighted by molar-refractivity contribution is 6.42. The van der Waals surface area contributed by atoms with Gasteiger partial charge in [0.1, 0.15) is 5.82 Å². The van der Waals surface area contributed by atoms with Crippen molar-refractivity contribution in [2.75, 3.05) is 0 Å². The maximum Gasteiger partial charge on any atom is 0.123 e. The molecule has 88 valence electrons. The van der Waals surface area contributed by atoms with Gasteiger partial charge in [-0.2, -0.15) is 0 Å². The molecule has 2 rings (SSSR count). The fourth-order valence-electron chi connectivity index (χ4n) is 1.53. The van der Waals surface area contributed by atoms with Gasteiger partial charge in [0.05, 0.1) is 15.4 Å². The second-order valence-corrected chi connectivity index (χ2v) is 4.84. The number of halogens is 4. The number of alkyl halides is 1. The summed E-state index contributed by atoms with van der Waals surface area (Å²) in [4.78, 5) is 0. The normalized spacial score (nSPS) is 12.5. The van der Waals surface area contributed by atoms with Gasteiger partial charge in [-0.3, -0.25) is 0 Å². The van der Waals surface area contributed by atoms with Gasteiger partial charge in [-0.15, -0.1) is 11.6 Å². The number of hydrogen-bond donors (Lipinski definition) is 0. The molecule has 0 aromatic heterocycles. The summed E-state index contributed by atoms with van der Waals surface area (Å²) in [5.74, 6) is -0.312. The molecular formula is C13H8Cl3F. The lowest BCUT2D eigenvalue weighted by atomic mass is 10.0. The van der Waals surface area contributed by atoms with Crippen molar-refractivity contribution in [3.05, 3.63) is 69.5 Å². The van der Waals surface area contributed by atoms with E-state index in [1.165, 1.54) is 12.1 Å². The fourth-order valence-corrected chi connectivity index (χ4v) is 2.10. The van der Waals surface area contributed by atoms with E-state index in [2.05, 4.69) is 0 Å². The zero-order valence-corrected chi connectivity index (χ0v) is 10.9. The zero-order valence-electron chi connectivity index (χ0n) is 8.63. The highest BCUT2D eigenvalue weighted by Crippen LogP contribution is 2.32. The lowest BCUT2D eigenvalue weighted by Crippen LogP contribution is -1.94. The van der Waals surface area contributed by atoms with Gasteiger partial charge in [0.15, 0.2) is 0 Å². The summed E-state index contributed by atoms with van der Waals surface area (Å²) in [6.07, 6.45) is 0. The van der Waals surface area contributed by atoms with E-state index in [0.717, 1.165) is 5.56 Å². The molecule has 0 bridgehead atoms. The second-order valence-electron chi connectivity index (χ2n) is 3.59. The average Bonchev–Trinajstić information content (AvgIpc) is 2.32. The quantitative estimate of drug-likeness (QED) is 0.644. The van der Waals surface area contributed by atoms with Gasteiger partial charge >= 0.3 is 0 Å². The van der Waals surface area contributed by atoms with Crippen LogP contribution >= 0.6 is 34.8 Å². The predicted molar refractivity (Wildman–Crippen MR) is 70.6 cm³/mol. The predicted octanol–water partition coefficient (Wildman–Crippen LogP) is 5.46. The Balaban J connectivity index is 2.36.